The van der Waals surface area contributed by atoms with Gasteiger partial charge >= 0.3 is 0 Å². The molecule has 0 aliphatic rings. The average molecular weight is 368 g/mol. The standard InChI is InChI=1S/C19H18ClN5O/c1-12-5-6-15(20)8-16(12)25-19(26)17-9-18(24-13(2)23-17)22-11-14-4-3-7-21-10-14/h3-10H,11H2,1-2H3,(H,25,26)(H,22,23,24). The first kappa shape index (κ1) is 17.8. The summed E-state index contributed by atoms with van der Waals surface area (Å²) < 4.78 is 0. The Balaban J connectivity index is 1.76. The Bertz CT molecular complexity index is 930. The Kier molecular flexibility index (Phi) is 5.43. The maximum absolute atomic E-state index is 12.6. The van der Waals surface area contributed by atoms with Crippen molar-refractivity contribution in [1.29, 1.82) is 0 Å². The molecule has 2 N–H and O–H groups in total. The minimum Gasteiger partial charge on any atom is -0.366 e. The first-order valence-corrected chi connectivity index (χ1v) is 8.45. The van der Waals surface area contributed by atoms with Crippen LogP contribution in [0.2, 0.25) is 5.02 Å². The molecule has 6 nitrogen and oxygen atoms in total. The molecule has 0 bridgehead atoms. The minimum atomic E-state index is -0.315. The average Bonchev–Trinajstić information content (AvgIpc) is 2.63. The van der Waals surface area contributed by atoms with E-state index in [0.717, 1.165) is 11.1 Å². The summed E-state index contributed by atoms with van der Waals surface area (Å²) in [7, 11) is 0. The van der Waals surface area contributed by atoms with Gasteiger partial charge in [0.2, 0.25) is 0 Å². The van der Waals surface area contributed by atoms with Gasteiger partial charge in [0.1, 0.15) is 17.3 Å². The number of nitrogens with zero attached hydrogens (tertiary/aromatic N) is 3. The first-order chi connectivity index (χ1) is 12.5. The van der Waals surface area contributed by atoms with Gasteiger partial charge in [0, 0.05) is 35.7 Å². The summed E-state index contributed by atoms with van der Waals surface area (Å²) in [6, 6.07) is 10.8. The Morgan fingerprint density at radius 3 is 2.77 bits per heavy atom. The van der Waals surface area contributed by atoms with Crippen LogP contribution in [-0.2, 0) is 6.54 Å². The highest BCUT2D eigenvalue weighted by atomic mass is 35.5. The van der Waals surface area contributed by atoms with Crippen molar-refractivity contribution in [1.82, 2.24) is 15.0 Å². The number of benzene rings is 1. The lowest BCUT2D eigenvalue weighted by atomic mass is 10.2. The van der Waals surface area contributed by atoms with Crippen molar-refractivity contribution < 1.29 is 4.79 Å². The van der Waals surface area contributed by atoms with E-state index in [9.17, 15) is 4.79 Å². The van der Waals surface area contributed by atoms with Gasteiger partial charge in [-0.1, -0.05) is 23.7 Å². The quantitative estimate of drug-likeness (QED) is 0.712. The van der Waals surface area contributed by atoms with Gasteiger partial charge in [-0.3, -0.25) is 9.78 Å². The van der Waals surface area contributed by atoms with Gasteiger partial charge in [-0.05, 0) is 43.2 Å². The summed E-state index contributed by atoms with van der Waals surface area (Å²) in [4.78, 5) is 25.2. The van der Waals surface area contributed by atoms with Crippen LogP contribution in [0.25, 0.3) is 0 Å². The third-order valence-corrected chi connectivity index (χ3v) is 3.95. The predicted molar refractivity (Wildman–Crippen MR) is 102 cm³/mol. The Labute approximate surface area is 156 Å². The van der Waals surface area contributed by atoms with Crippen molar-refractivity contribution >= 4 is 29.0 Å². The van der Waals surface area contributed by atoms with Crippen molar-refractivity contribution in [3.8, 4) is 0 Å². The van der Waals surface area contributed by atoms with Gasteiger partial charge in [-0.25, -0.2) is 9.97 Å². The fourth-order valence-electron chi connectivity index (χ4n) is 2.39. The molecule has 0 radical (unpaired) electrons. The molecular weight excluding hydrogens is 350 g/mol. The van der Waals surface area contributed by atoms with Gasteiger partial charge in [-0.2, -0.15) is 0 Å². The molecule has 3 rings (SSSR count). The van der Waals surface area contributed by atoms with Crippen LogP contribution in [0, 0.1) is 13.8 Å². The molecule has 3 aromatic rings. The predicted octanol–water partition coefficient (Wildman–Crippen LogP) is 4.01. The Morgan fingerprint density at radius 2 is 2.00 bits per heavy atom. The van der Waals surface area contributed by atoms with E-state index in [4.69, 9.17) is 11.6 Å². The van der Waals surface area contributed by atoms with Crippen LogP contribution >= 0.6 is 11.6 Å². The second-order valence-electron chi connectivity index (χ2n) is 5.81. The van der Waals surface area contributed by atoms with Gasteiger partial charge < -0.3 is 10.6 Å². The number of hydrogen-bond donors (Lipinski definition) is 2. The van der Waals surface area contributed by atoms with E-state index in [1.165, 1.54) is 0 Å². The zero-order valence-corrected chi connectivity index (χ0v) is 15.2. The fourth-order valence-corrected chi connectivity index (χ4v) is 2.56. The molecule has 0 atom stereocenters. The molecule has 0 aliphatic carbocycles. The van der Waals surface area contributed by atoms with Crippen LogP contribution < -0.4 is 10.6 Å². The maximum atomic E-state index is 12.6. The molecular formula is C19H18ClN5O. The largest absolute Gasteiger partial charge is 0.366 e. The van der Waals surface area contributed by atoms with Crippen LogP contribution in [0.1, 0.15) is 27.4 Å². The molecule has 132 valence electrons. The van der Waals surface area contributed by atoms with E-state index in [1.807, 2.05) is 25.1 Å². The number of rotatable bonds is 5. The summed E-state index contributed by atoms with van der Waals surface area (Å²) in [5.74, 6) is 0.772. The number of halogens is 1. The summed E-state index contributed by atoms with van der Waals surface area (Å²) in [5, 5.41) is 6.59. The van der Waals surface area contributed by atoms with E-state index in [1.54, 1.807) is 37.5 Å². The second-order valence-corrected chi connectivity index (χ2v) is 6.25. The third kappa shape index (κ3) is 4.55. The molecule has 1 amide bonds. The van der Waals surface area contributed by atoms with Crippen LogP contribution in [0.5, 0.6) is 0 Å². The van der Waals surface area contributed by atoms with Crippen molar-refractivity contribution in [3.05, 3.63) is 76.5 Å². The SMILES string of the molecule is Cc1nc(NCc2cccnc2)cc(C(=O)Nc2cc(Cl)ccc2C)n1. The number of nitrogens with one attached hydrogen (secondary N) is 2. The molecule has 0 saturated heterocycles. The summed E-state index contributed by atoms with van der Waals surface area (Å²) in [6.07, 6.45) is 3.50. The van der Waals surface area contributed by atoms with Crippen LogP contribution in [0.4, 0.5) is 11.5 Å². The van der Waals surface area contributed by atoms with Gasteiger partial charge in [0.05, 0.1) is 0 Å². The zero-order valence-electron chi connectivity index (χ0n) is 14.5. The van der Waals surface area contributed by atoms with Gasteiger partial charge in [0.25, 0.3) is 5.91 Å². The molecule has 7 heteroatoms. The molecule has 1 aromatic carbocycles. The summed E-state index contributed by atoms with van der Waals surface area (Å²) >= 11 is 6.00. The van der Waals surface area contributed by atoms with E-state index in [-0.39, 0.29) is 11.6 Å². The van der Waals surface area contributed by atoms with E-state index < -0.39 is 0 Å². The second kappa shape index (κ2) is 7.93. The third-order valence-electron chi connectivity index (χ3n) is 3.71. The maximum Gasteiger partial charge on any atom is 0.274 e. The highest BCUT2D eigenvalue weighted by molar-refractivity contribution is 6.31. The monoisotopic (exact) mass is 367 g/mol. The molecule has 0 spiro atoms. The van der Waals surface area contributed by atoms with Crippen LogP contribution in [-0.4, -0.2) is 20.9 Å². The molecule has 0 saturated carbocycles. The van der Waals surface area contributed by atoms with Crippen LogP contribution in [0.15, 0.2) is 48.8 Å². The number of anilines is 2. The lowest BCUT2D eigenvalue weighted by Crippen LogP contribution is -2.16. The number of hydrogen-bond acceptors (Lipinski definition) is 5. The summed E-state index contributed by atoms with van der Waals surface area (Å²) in [5.41, 5.74) is 2.88. The zero-order chi connectivity index (χ0) is 18.5. The number of aryl methyl sites for hydroxylation is 2. The molecule has 0 unspecified atom stereocenters. The van der Waals surface area contributed by atoms with Crippen LogP contribution in [0.3, 0.4) is 0 Å². The Hall–Kier alpha value is -2.99. The summed E-state index contributed by atoms with van der Waals surface area (Å²) in [6.45, 7) is 4.20. The van der Waals surface area contributed by atoms with Crippen molar-refractivity contribution in [2.24, 2.45) is 0 Å². The fraction of sp³-hybridized carbons (Fsp3) is 0.158. The van der Waals surface area contributed by atoms with E-state index in [0.29, 0.717) is 28.9 Å². The smallest absolute Gasteiger partial charge is 0.274 e. The van der Waals surface area contributed by atoms with Crippen molar-refractivity contribution in [2.75, 3.05) is 10.6 Å². The highest BCUT2D eigenvalue weighted by Gasteiger charge is 2.12. The molecule has 2 aromatic heterocycles. The first-order valence-electron chi connectivity index (χ1n) is 8.07. The van der Waals surface area contributed by atoms with Gasteiger partial charge in [-0.15, -0.1) is 0 Å². The number of pyridine rings is 1. The number of amides is 1. The topological polar surface area (TPSA) is 79.8 Å². The molecule has 0 aliphatic heterocycles. The lowest BCUT2D eigenvalue weighted by Gasteiger charge is -2.11. The normalized spacial score (nSPS) is 10.4. The molecule has 0 fully saturated rings. The van der Waals surface area contributed by atoms with Gasteiger partial charge in [0.15, 0.2) is 0 Å². The van der Waals surface area contributed by atoms with Crippen molar-refractivity contribution in [3.63, 3.8) is 0 Å². The van der Waals surface area contributed by atoms with E-state index in [2.05, 4.69) is 25.6 Å². The van der Waals surface area contributed by atoms with E-state index >= 15 is 0 Å². The number of carbonyl (C=O) groups is 1. The highest BCUT2D eigenvalue weighted by Crippen LogP contribution is 2.21. The molecule has 26 heavy (non-hydrogen) atoms. The number of carbonyl (C=O) groups excluding carboxylic acids is 1. The lowest BCUT2D eigenvalue weighted by molar-refractivity contribution is 0.102. The number of aromatic nitrogens is 3. The molecule has 2 heterocycles. The Morgan fingerprint density at radius 1 is 1.15 bits per heavy atom. The van der Waals surface area contributed by atoms with Crippen molar-refractivity contribution in [2.45, 2.75) is 20.4 Å². The minimum absolute atomic E-state index is 0.283.